The van der Waals surface area contributed by atoms with Crippen LogP contribution >= 0.6 is 22.9 Å². The number of carbonyl (C=O) groups is 1. The first-order valence-electron chi connectivity index (χ1n) is 8.43. The minimum Gasteiger partial charge on any atom is -0.371 e. The van der Waals surface area contributed by atoms with Gasteiger partial charge in [0.1, 0.15) is 5.69 Å². The van der Waals surface area contributed by atoms with Crippen LogP contribution in [-0.4, -0.2) is 29.0 Å². The topological polar surface area (TPSA) is 58.1 Å². The van der Waals surface area contributed by atoms with E-state index in [9.17, 15) is 4.79 Å². The molecule has 1 amide bonds. The van der Waals surface area contributed by atoms with Crippen molar-refractivity contribution in [2.24, 2.45) is 0 Å². The molecule has 7 heteroatoms. The van der Waals surface area contributed by atoms with E-state index in [0.717, 1.165) is 30.0 Å². The first-order valence-corrected chi connectivity index (χ1v) is 9.69. The van der Waals surface area contributed by atoms with Gasteiger partial charge in [-0.25, -0.2) is 4.98 Å². The lowest BCUT2D eigenvalue weighted by Crippen LogP contribution is -2.19. The highest BCUT2D eigenvalue weighted by atomic mass is 35.5. The fraction of sp³-hybridized carbons (Fsp3) is 0.211. The molecular weight excluding hydrogens is 368 g/mol. The van der Waals surface area contributed by atoms with E-state index in [0.29, 0.717) is 15.8 Å². The van der Waals surface area contributed by atoms with Crippen molar-refractivity contribution in [1.29, 1.82) is 0 Å². The molecule has 5 nitrogen and oxygen atoms in total. The van der Waals surface area contributed by atoms with Crippen molar-refractivity contribution in [1.82, 2.24) is 9.97 Å². The maximum absolute atomic E-state index is 12.5. The monoisotopic (exact) mass is 384 g/mol. The van der Waals surface area contributed by atoms with Crippen molar-refractivity contribution >= 4 is 39.7 Å². The smallest absolute Gasteiger partial charge is 0.276 e. The molecule has 0 spiro atoms. The lowest BCUT2D eigenvalue weighted by atomic mass is 10.2. The van der Waals surface area contributed by atoms with E-state index >= 15 is 0 Å². The molecule has 4 rings (SSSR count). The van der Waals surface area contributed by atoms with Gasteiger partial charge < -0.3 is 4.90 Å². The molecule has 1 aliphatic rings. The fourth-order valence-electron chi connectivity index (χ4n) is 3.00. The molecule has 0 bridgehead atoms. The van der Waals surface area contributed by atoms with Crippen molar-refractivity contribution in [3.05, 3.63) is 58.7 Å². The molecule has 0 radical (unpaired) electrons. The van der Waals surface area contributed by atoms with Gasteiger partial charge in [0.05, 0.1) is 5.69 Å². The van der Waals surface area contributed by atoms with Crippen LogP contribution in [0.2, 0.25) is 5.02 Å². The van der Waals surface area contributed by atoms with E-state index in [1.165, 1.54) is 24.2 Å². The lowest BCUT2D eigenvalue weighted by molar-refractivity contribution is 0.102. The van der Waals surface area contributed by atoms with Gasteiger partial charge in [-0.1, -0.05) is 29.8 Å². The highest BCUT2D eigenvalue weighted by molar-refractivity contribution is 7.14. The van der Waals surface area contributed by atoms with Crippen molar-refractivity contribution in [3.63, 3.8) is 0 Å². The zero-order chi connectivity index (χ0) is 17.9. The highest BCUT2D eigenvalue weighted by Crippen LogP contribution is 2.30. The van der Waals surface area contributed by atoms with Gasteiger partial charge in [-0.2, -0.15) is 0 Å². The molecular formula is C19H17ClN4OS. The van der Waals surface area contributed by atoms with Crippen LogP contribution in [0.25, 0.3) is 11.3 Å². The summed E-state index contributed by atoms with van der Waals surface area (Å²) in [4.78, 5) is 23.5. The van der Waals surface area contributed by atoms with Crippen LogP contribution in [0.15, 0.2) is 48.0 Å². The molecule has 1 N–H and O–H groups in total. The summed E-state index contributed by atoms with van der Waals surface area (Å²) >= 11 is 7.58. The van der Waals surface area contributed by atoms with Gasteiger partial charge in [0.25, 0.3) is 5.91 Å². The highest BCUT2D eigenvalue weighted by Gasteiger charge is 2.16. The number of nitrogens with one attached hydrogen (secondary N) is 1. The van der Waals surface area contributed by atoms with E-state index in [2.05, 4.69) is 20.2 Å². The first-order chi connectivity index (χ1) is 12.7. The standard InChI is InChI=1S/C19H17ClN4OS/c20-15-6-2-1-5-14(15)17-12-26-19(22-17)23-18(25)16-11-13(7-8-21-16)24-9-3-4-10-24/h1-2,5-8,11-12H,3-4,9-10H2,(H,22,23,25). The maximum Gasteiger partial charge on any atom is 0.276 e. The zero-order valence-corrected chi connectivity index (χ0v) is 15.6. The number of hydrogen-bond acceptors (Lipinski definition) is 5. The Morgan fingerprint density at radius 2 is 2.00 bits per heavy atom. The Hall–Kier alpha value is -2.44. The summed E-state index contributed by atoms with van der Waals surface area (Å²) in [6.07, 6.45) is 4.06. The molecule has 132 valence electrons. The quantitative estimate of drug-likeness (QED) is 0.707. The number of hydrogen-bond donors (Lipinski definition) is 1. The average Bonchev–Trinajstić information content (AvgIpc) is 3.34. The zero-order valence-electron chi connectivity index (χ0n) is 14.0. The minimum atomic E-state index is -0.258. The van der Waals surface area contributed by atoms with Crippen LogP contribution in [0, 0.1) is 0 Å². The van der Waals surface area contributed by atoms with Crippen LogP contribution < -0.4 is 10.2 Å². The van der Waals surface area contributed by atoms with E-state index in [-0.39, 0.29) is 5.91 Å². The Morgan fingerprint density at radius 3 is 2.81 bits per heavy atom. The van der Waals surface area contributed by atoms with Gasteiger partial charge >= 0.3 is 0 Å². The van der Waals surface area contributed by atoms with Gasteiger partial charge in [-0.05, 0) is 31.0 Å². The van der Waals surface area contributed by atoms with Crippen molar-refractivity contribution < 1.29 is 4.79 Å². The summed E-state index contributed by atoms with van der Waals surface area (Å²) in [5.74, 6) is -0.258. The number of pyridine rings is 1. The molecule has 1 aromatic carbocycles. The lowest BCUT2D eigenvalue weighted by Gasteiger charge is -2.17. The number of aromatic nitrogens is 2. The average molecular weight is 385 g/mol. The first kappa shape index (κ1) is 17.0. The molecule has 3 aromatic rings. The van der Waals surface area contributed by atoms with Crippen LogP contribution in [0.4, 0.5) is 10.8 Å². The Labute approximate surface area is 160 Å². The van der Waals surface area contributed by atoms with Crippen molar-refractivity contribution in [2.45, 2.75) is 12.8 Å². The minimum absolute atomic E-state index is 0.258. The third kappa shape index (κ3) is 3.57. The van der Waals surface area contributed by atoms with Crippen LogP contribution in [0.1, 0.15) is 23.3 Å². The van der Waals surface area contributed by atoms with E-state index in [1.807, 2.05) is 41.8 Å². The second-order valence-corrected chi connectivity index (χ2v) is 7.33. The summed E-state index contributed by atoms with van der Waals surface area (Å²) in [6, 6.07) is 11.3. The van der Waals surface area contributed by atoms with Crippen molar-refractivity contribution in [3.8, 4) is 11.3 Å². The molecule has 0 unspecified atom stereocenters. The number of halogens is 1. The molecule has 0 aliphatic carbocycles. The predicted molar refractivity (Wildman–Crippen MR) is 106 cm³/mol. The Balaban J connectivity index is 1.50. The van der Waals surface area contributed by atoms with Gasteiger partial charge in [0.15, 0.2) is 5.13 Å². The number of nitrogens with zero attached hydrogens (tertiary/aromatic N) is 3. The molecule has 2 aromatic heterocycles. The number of rotatable bonds is 4. The summed E-state index contributed by atoms with van der Waals surface area (Å²) in [5, 5.41) is 5.87. The third-order valence-corrected chi connectivity index (χ3v) is 5.41. The number of carbonyl (C=O) groups excluding carboxylic acids is 1. The Bertz CT molecular complexity index is 937. The SMILES string of the molecule is O=C(Nc1nc(-c2ccccc2Cl)cs1)c1cc(N2CCCC2)ccn1. The normalized spacial score (nSPS) is 13.8. The second kappa shape index (κ2) is 7.43. The largest absolute Gasteiger partial charge is 0.371 e. The van der Waals surface area contributed by atoms with E-state index < -0.39 is 0 Å². The van der Waals surface area contributed by atoms with Crippen molar-refractivity contribution in [2.75, 3.05) is 23.3 Å². The molecule has 0 atom stereocenters. The third-order valence-electron chi connectivity index (χ3n) is 4.32. The van der Waals surface area contributed by atoms with Gasteiger partial charge in [0.2, 0.25) is 0 Å². The number of benzene rings is 1. The van der Waals surface area contributed by atoms with Gasteiger partial charge in [-0.15, -0.1) is 11.3 Å². The summed E-state index contributed by atoms with van der Waals surface area (Å²) in [6.45, 7) is 2.05. The number of amides is 1. The second-order valence-electron chi connectivity index (χ2n) is 6.07. The molecule has 1 aliphatic heterocycles. The molecule has 1 fully saturated rings. The van der Waals surface area contributed by atoms with Crippen LogP contribution in [-0.2, 0) is 0 Å². The van der Waals surface area contributed by atoms with Gasteiger partial charge in [0, 0.05) is 40.9 Å². The molecule has 0 saturated carbocycles. The predicted octanol–water partition coefficient (Wildman–Crippen LogP) is 4.71. The van der Waals surface area contributed by atoms with E-state index in [1.54, 1.807) is 6.20 Å². The molecule has 1 saturated heterocycles. The summed E-state index contributed by atoms with van der Waals surface area (Å²) in [7, 11) is 0. The number of anilines is 2. The Morgan fingerprint density at radius 1 is 1.19 bits per heavy atom. The van der Waals surface area contributed by atoms with Crippen LogP contribution in [0.3, 0.4) is 0 Å². The van der Waals surface area contributed by atoms with Crippen LogP contribution in [0.5, 0.6) is 0 Å². The van der Waals surface area contributed by atoms with E-state index in [4.69, 9.17) is 11.6 Å². The molecule has 3 heterocycles. The summed E-state index contributed by atoms with van der Waals surface area (Å²) in [5.41, 5.74) is 3.03. The Kier molecular flexibility index (Phi) is 4.86. The maximum atomic E-state index is 12.5. The fourth-order valence-corrected chi connectivity index (χ4v) is 3.94. The summed E-state index contributed by atoms with van der Waals surface area (Å²) < 4.78 is 0. The van der Waals surface area contributed by atoms with Gasteiger partial charge in [-0.3, -0.25) is 15.1 Å². The molecule has 26 heavy (non-hydrogen) atoms. The number of thiazole rings is 1.